The molecule has 0 fully saturated rings. The van der Waals surface area contributed by atoms with Crippen molar-refractivity contribution in [3.8, 4) is 0 Å². The number of hydrazine groups is 1. The number of likely N-dealkylation sites (N-methyl/N-ethyl adjacent to an activating group) is 1. The predicted molar refractivity (Wildman–Crippen MR) is 82.1 cm³/mol. The fourth-order valence-electron chi connectivity index (χ4n) is 1.71. The first kappa shape index (κ1) is 15.3. The summed E-state index contributed by atoms with van der Waals surface area (Å²) in [5.74, 6) is -0.607. The van der Waals surface area contributed by atoms with Crippen molar-refractivity contribution < 1.29 is 9.59 Å². The molecule has 9 heteroatoms. The molecule has 2 rings (SSSR count). The van der Waals surface area contributed by atoms with Crippen molar-refractivity contribution in [2.24, 2.45) is 5.73 Å². The van der Waals surface area contributed by atoms with E-state index < -0.39 is 11.4 Å². The maximum Gasteiger partial charge on any atom is 0.272 e. The van der Waals surface area contributed by atoms with Crippen LogP contribution in [-0.2, 0) is 15.1 Å². The number of hydrogen-bond donors (Lipinski definition) is 3. The number of carbonyl (C=O) groups excluding carboxylic acids is 2. The molecular formula is C12H13N5O2S2. The van der Waals surface area contributed by atoms with Gasteiger partial charge in [0.15, 0.2) is 15.8 Å². The Labute approximate surface area is 129 Å². The van der Waals surface area contributed by atoms with Crippen LogP contribution in [0.5, 0.6) is 0 Å². The minimum Gasteiger partial charge on any atom is -0.308 e. The van der Waals surface area contributed by atoms with Crippen LogP contribution in [0.25, 0.3) is 0 Å². The number of nitrogens with one attached hydrogen (secondary N) is 2. The van der Waals surface area contributed by atoms with Crippen molar-refractivity contribution in [3.63, 3.8) is 0 Å². The lowest BCUT2D eigenvalue weighted by Gasteiger charge is -2.28. The number of anilines is 1. The average molecular weight is 323 g/mol. The number of hydrogen-bond acceptors (Lipinski definition) is 7. The predicted octanol–water partition coefficient (Wildman–Crippen LogP) is 1.04. The molecule has 0 aliphatic carbocycles. The van der Waals surface area contributed by atoms with Crippen LogP contribution in [0.2, 0.25) is 0 Å². The molecule has 1 heterocycles. The molecule has 1 unspecified atom stereocenters. The maximum absolute atomic E-state index is 12.5. The van der Waals surface area contributed by atoms with Crippen molar-refractivity contribution in [3.05, 3.63) is 39.8 Å². The number of aromatic amines is 1. The van der Waals surface area contributed by atoms with Crippen LogP contribution < -0.4 is 11.2 Å². The van der Waals surface area contributed by atoms with Gasteiger partial charge in [0.2, 0.25) is 5.13 Å². The van der Waals surface area contributed by atoms with E-state index in [-0.39, 0.29) is 0 Å². The van der Waals surface area contributed by atoms with E-state index in [0.29, 0.717) is 20.9 Å². The van der Waals surface area contributed by atoms with Crippen molar-refractivity contribution in [1.29, 1.82) is 0 Å². The number of aromatic nitrogens is 2. The summed E-state index contributed by atoms with van der Waals surface area (Å²) in [6.45, 7) is 0. The van der Waals surface area contributed by atoms with Crippen LogP contribution in [0.15, 0.2) is 30.3 Å². The summed E-state index contributed by atoms with van der Waals surface area (Å²) in [6.07, 6.45) is 0.426. The van der Waals surface area contributed by atoms with E-state index in [2.05, 4.69) is 15.6 Å². The Balaban J connectivity index is 2.23. The fourth-order valence-corrected chi connectivity index (χ4v) is 2.53. The van der Waals surface area contributed by atoms with E-state index in [4.69, 9.17) is 18.0 Å². The Bertz CT molecular complexity index is 699. The first-order valence-electron chi connectivity index (χ1n) is 5.88. The molecule has 7 nitrogen and oxygen atoms in total. The average Bonchev–Trinajstić information content (AvgIpc) is 2.91. The smallest absolute Gasteiger partial charge is 0.272 e. The zero-order valence-corrected chi connectivity index (χ0v) is 12.7. The Kier molecular flexibility index (Phi) is 4.46. The second kappa shape index (κ2) is 6.12. The Hall–Kier alpha value is -2.10. The number of benzene rings is 1. The third-order valence-electron chi connectivity index (χ3n) is 2.80. The van der Waals surface area contributed by atoms with E-state index >= 15 is 0 Å². The molecule has 0 radical (unpaired) electrons. The van der Waals surface area contributed by atoms with Gasteiger partial charge >= 0.3 is 0 Å². The summed E-state index contributed by atoms with van der Waals surface area (Å²) < 4.78 is 0.468. The lowest BCUT2D eigenvalue weighted by Crippen LogP contribution is -2.54. The van der Waals surface area contributed by atoms with Gasteiger partial charge in [-0.15, -0.1) is 5.10 Å². The van der Waals surface area contributed by atoms with Gasteiger partial charge in [0.05, 0.1) is 0 Å². The molecule has 1 atom stereocenters. The van der Waals surface area contributed by atoms with Crippen LogP contribution in [-0.4, -0.2) is 34.4 Å². The van der Waals surface area contributed by atoms with Crippen molar-refractivity contribution >= 4 is 40.9 Å². The monoisotopic (exact) mass is 323 g/mol. The van der Waals surface area contributed by atoms with Crippen LogP contribution in [0.4, 0.5) is 5.13 Å². The Morgan fingerprint density at radius 2 is 2.19 bits per heavy atom. The van der Waals surface area contributed by atoms with Crippen molar-refractivity contribution in [1.82, 2.24) is 15.2 Å². The third kappa shape index (κ3) is 3.15. The highest BCUT2D eigenvalue weighted by Crippen LogP contribution is 2.19. The third-order valence-corrected chi connectivity index (χ3v) is 3.79. The number of rotatable bonds is 5. The number of nitrogens with two attached hydrogens (primary N) is 1. The first-order valence-corrected chi connectivity index (χ1v) is 7.11. The molecule has 0 aliphatic rings. The fraction of sp³-hybridized carbons (Fsp3) is 0.167. The molecule has 2 aromatic rings. The summed E-state index contributed by atoms with van der Waals surface area (Å²) in [6, 6.07) is 8.44. The van der Waals surface area contributed by atoms with Gasteiger partial charge in [-0.05, 0) is 17.8 Å². The van der Waals surface area contributed by atoms with E-state index in [9.17, 15) is 9.59 Å². The van der Waals surface area contributed by atoms with E-state index in [1.54, 1.807) is 30.3 Å². The normalized spacial score (nSPS) is 13.2. The highest BCUT2D eigenvalue weighted by molar-refractivity contribution is 7.73. The Morgan fingerprint density at radius 3 is 2.71 bits per heavy atom. The van der Waals surface area contributed by atoms with Gasteiger partial charge < -0.3 is 10.5 Å². The minimum absolute atomic E-state index is 0.400. The van der Waals surface area contributed by atoms with E-state index in [0.717, 1.165) is 16.3 Å². The topological polar surface area (TPSA) is 104 Å². The van der Waals surface area contributed by atoms with Crippen molar-refractivity contribution in [2.45, 2.75) is 5.54 Å². The minimum atomic E-state index is -1.76. The molecule has 0 aliphatic heterocycles. The van der Waals surface area contributed by atoms with Gasteiger partial charge in [-0.2, -0.15) is 0 Å². The van der Waals surface area contributed by atoms with Crippen LogP contribution in [0, 0.1) is 3.95 Å². The molecule has 4 N–H and O–H groups in total. The number of aldehydes is 1. The molecule has 1 amide bonds. The number of carbonyl (C=O) groups is 2. The molecule has 0 saturated carbocycles. The summed E-state index contributed by atoms with van der Waals surface area (Å²) in [5.41, 5.74) is 7.35. The lowest BCUT2D eigenvalue weighted by atomic mass is 9.91. The molecule has 1 aromatic heterocycles. The van der Waals surface area contributed by atoms with Crippen molar-refractivity contribution in [2.75, 3.05) is 12.5 Å². The zero-order valence-electron chi connectivity index (χ0n) is 11.1. The second-order valence-electron chi connectivity index (χ2n) is 4.25. The molecule has 0 spiro atoms. The van der Waals surface area contributed by atoms with Gasteiger partial charge in [0.25, 0.3) is 5.91 Å². The molecule has 1 aromatic carbocycles. The highest BCUT2D eigenvalue weighted by Gasteiger charge is 2.38. The van der Waals surface area contributed by atoms with Crippen LogP contribution in [0.3, 0.4) is 0 Å². The summed E-state index contributed by atoms with van der Waals surface area (Å²) in [7, 11) is 1.46. The summed E-state index contributed by atoms with van der Waals surface area (Å²) >= 11 is 6.06. The van der Waals surface area contributed by atoms with E-state index in [1.807, 2.05) is 0 Å². The maximum atomic E-state index is 12.5. The number of H-pyrrole nitrogens is 1. The zero-order chi connectivity index (χ0) is 15.5. The molecular weight excluding hydrogens is 310 g/mol. The first-order chi connectivity index (χ1) is 9.97. The van der Waals surface area contributed by atoms with Gasteiger partial charge in [-0.1, -0.05) is 41.7 Å². The van der Waals surface area contributed by atoms with Gasteiger partial charge in [-0.25, -0.2) is 0 Å². The highest BCUT2D eigenvalue weighted by atomic mass is 32.1. The SMILES string of the molecule is CN(Nc1n[nH]c(=S)s1)C(=O)C(N)(C=O)c1ccccc1. The largest absolute Gasteiger partial charge is 0.308 e. The quantitative estimate of drug-likeness (QED) is 0.329. The number of amides is 1. The van der Waals surface area contributed by atoms with Gasteiger partial charge in [-0.3, -0.25) is 20.3 Å². The Morgan fingerprint density at radius 1 is 1.52 bits per heavy atom. The molecule has 0 bridgehead atoms. The van der Waals surface area contributed by atoms with Gasteiger partial charge in [0, 0.05) is 7.05 Å². The second-order valence-corrected chi connectivity index (χ2v) is 5.91. The lowest BCUT2D eigenvalue weighted by molar-refractivity contribution is -0.137. The summed E-state index contributed by atoms with van der Waals surface area (Å²) in [5, 5.41) is 7.97. The number of nitrogens with zero attached hydrogens (tertiary/aromatic N) is 2. The van der Waals surface area contributed by atoms with E-state index in [1.165, 1.54) is 7.05 Å². The van der Waals surface area contributed by atoms with Crippen LogP contribution in [0.1, 0.15) is 5.56 Å². The standard InChI is InChI=1S/C12H13N5O2S2/c1-17(16-10-14-15-11(20)21-10)9(19)12(13,7-18)8-5-3-2-4-6-8/h2-7H,13H2,1H3,(H,14,16)(H,15,20). The molecule has 21 heavy (non-hydrogen) atoms. The molecule has 0 saturated heterocycles. The summed E-state index contributed by atoms with van der Waals surface area (Å²) in [4.78, 5) is 23.8. The van der Waals surface area contributed by atoms with Gasteiger partial charge in [0.1, 0.15) is 0 Å². The molecule has 110 valence electrons. The van der Waals surface area contributed by atoms with Crippen LogP contribution >= 0.6 is 23.6 Å².